The van der Waals surface area contributed by atoms with Crippen LogP contribution in [0.3, 0.4) is 0 Å². The first kappa shape index (κ1) is 17.6. The third-order valence-corrected chi connectivity index (χ3v) is 4.23. The molecule has 0 aliphatic rings. The first-order valence-electron chi connectivity index (χ1n) is 8.62. The van der Waals surface area contributed by atoms with Crippen molar-refractivity contribution in [2.24, 2.45) is 0 Å². The van der Waals surface area contributed by atoms with Crippen molar-refractivity contribution in [2.45, 2.75) is 20.0 Å². The van der Waals surface area contributed by atoms with Gasteiger partial charge >= 0.3 is 5.97 Å². The Morgan fingerprint density at radius 3 is 2.68 bits per heavy atom. The zero-order valence-corrected chi connectivity index (χ0v) is 15.2. The summed E-state index contributed by atoms with van der Waals surface area (Å²) in [6.07, 6.45) is -0.786. The van der Waals surface area contributed by atoms with Gasteiger partial charge in [0.2, 0.25) is 5.89 Å². The second kappa shape index (κ2) is 7.07. The number of aromatic amines is 1. The summed E-state index contributed by atoms with van der Waals surface area (Å²) >= 11 is 0. The van der Waals surface area contributed by atoms with Gasteiger partial charge in [-0.2, -0.15) is 5.10 Å². The van der Waals surface area contributed by atoms with E-state index in [-0.39, 0.29) is 17.1 Å². The minimum Gasteiger partial charge on any atom is -0.448 e. The standard InChI is InChI=1S/C20H16N4O4/c1-11-6-5-7-13(10-11)19-24-23-18(28-19)12(2)27-20(26)16-14-8-3-4-9-15(14)17(25)22-21-16/h3-10,12H,1-2H3,(H,22,25). The molecule has 8 heteroatoms. The first-order chi connectivity index (χ1) is 13.5. The fraction of sp³-hybridized carbons (Fsp3) is 0.150. The number of hydrogen-bond acceptors (Lipinski definition) is 7. The summed E-state index contributed by atoms with van der Waals surface area (Å²) in [5.74, 6) is -0.192. The number of aromatic nitrogens is 4. The highest BCUT2D eigenvalue weighted by molar-refractivity contribution is 6.02. The summed E-state index contributed by atoms with van der Waals surface area (Å²) in [6.45, 7) is 3.59. The van der Waals surface area contributed by atoms with Crippen molar-refractivity contribution in [2.75, 3.05) is 0 Å². The summed E-state index contributed by atoms with van der Waals surface area (Å²) in [6, 6.07) is 14.3. The Labute approximate surface area is 159 Å². The summed E-state index contributed by atoms with van der Waals surface area (Å²) in [5.41, 5.74) is 1.48. The smallest absolute Gasteiger partial charge is 0.360 e. The summed E-state index contributed by atoms with van der Waals surface area (Å²) < 4.78 is 11.1. The molecule has 2 heterocycles. The Kier molecular flexibility index (Phi) is 4.44. The highest BCUT2D eigenvalue weighted by Crippen LogP contribution is 2.24. The van der Waals surface area contributed by atoms with Crippen LogP contribution in [0.25, 0.3) is 22.2 Å². The van der Waals surface area contributed by atoms with E-state index in [9.17, 15) is 9.59 Å². The molecule has 4 rings (SSSR count). The van der Waals surface area contributed by atoms with Crippen LogP contribution in [0, 0.1) is 6.92 Å². The Morgan fingerprint density at radius 1 is 1.11 bits per heavy atom. The molecule has 0 saturated carbocycles. The topological polar surface area (TPSA) is 111 Å². The first-order valence-corrected chi connectivity index (χ1v) is 8.62. The van der Waals surface area contributed by atoms with E-state index in [0.717, 1.165) is 11.1 Å². The van der Waals surface area contributed by atoms with Crippen LogP contribution >= 0.6 is 0 Å². The van der Waals surface area contributed by atoms with E-state index in [1.807, 2.05) is 31.2 Å². The number of nitrogens with one attached hydrogen (secondary N) is 1. The lowest BCUT2D eigenvalue weighted by molar-refractivity contribution is 0.0274. The van der Waals surface area contributed by atoms with Crippen molar-refractivity contribution in [3.05, 3.63) is 76.0 Å². The SMILES string of the molecule is Cc1cccc(-c2nnc(C(C)OC(=O)c3n[nH]c(=O)c4ccccc34)o2)c1. The van der Waals surface area contributed by atoms with Crippen molar-refractivity contribution in [1.82, 2.24) is 20.4 Å². The number of hydrogen-bond donors (Lipinski definition) is 1. The van der Waals surface area contributed by atoms with Gasteiger partial charge in [-0.1, -0.05) is 35.9 Å². The van der Waals surface area contributed by atoms with Gasteiger partial charge in [0.15, 0.2) is 11.8 Å². The van der Waals surface area contributed by atoms with Crippen LogP contribution in [0.4, 0.5) is 0 Å². The predicted octanol–water partition coefficient (Wildman–Crippen LogP) is 3.20. The molecule has 2 aromatic heterocycles. The zero-order valence-electron chi connectivity index (χ0n) is 15.2. The highest BCUT2D eigenvalue weighted by Gasteiger charge is 2.22. The predicted molar refractivity (Wildman–Crippen MR) is 101 cm³/mol. The summed E-state index contributed by atoms with van der Waals surface area (Å²) in [5, 5.41) is 14.9. The molecule has 1 atom stereocenters. The van der Waals surface area contributed by atoms with Gasteiger partial charge in [-0.25, -0.2) is 9.89 Å². The number of esters is 1. The van der Waals surface area contributed by atoms with Crippen LogP contribution in [0.1, 0.15) is 35.0 Å². The van der Waals surface area contributed by atoms with Gasteiger partial charge in [0.05, 0.1) is 5.39 Å². The lowest BCUT2D eigenvalue weighted by Gasteiger charge is -2.10. The number of nitrogens with zero attached hydrogens (tertiary/aromatic N) is 3. The average Bonchev–Trinajstić information content (AvgIpc) is 3.19. The van der Waals surface area contributed by atoms with Crippen LogP contribution in [0.15, 0.2) is 57.7 Å². The number of fused-ring (bicyclic) bond motifs is 1. The molecule has 4 aromatic rings. The van der Waals surface area contributed by atoms with Crippen LogP contribution < -0.4 is 5.56 Å². The molecule has 28 heavy (non-hydrogen) atoms. The maximum absolute atomic E-state index is 12.6. The quantitative estimate of drug-likeness (QED) is 0.544. The molecule has 0 radical (unpaired) electrons. The molecule has 2 aromatic carbocycles. The van der Waals surface area contributed by atoms with Gasteiger partial charge in [-0.05, 0) is 32.0 Å². The van der Waals surface area contributed by atoms with Crippen molar-refractivity contribution in [3.63, 3.8) is 0 Å². The van der Waals surface area contributed by atoms with E-state index in [1.54, 1.807) is 31.2 Å². The zero-order chi connectivity index (χ0) is 19.7. The van der Waals surface area contributed by atoms with Gasteiger partial charge < -0.3 is 9.15 Å². The lowest BCUT2D eigenvalue weighted by Crippen LogP contribution is -2.17. The van der Waals surface area contributed by atoms with Crippen molar-refractivity contribution in [1.29, 1.82) is 0 Å². The monoisotopic (exact) mass is 376 g/mol. The molecule has 1 N–H and O–H groups in total. The number of H-pyrrole nitrogens is 1. The van der Waals surface area contributed by atoms with Crippen LogP contribution in [0.5, 0.6) is 0 Å². The number of carbonyl (C=O) groups is 1. The minimum atomic E-state index is -0.786. The Bertz CT molecular complexity index is 1230. The third-order valence-electron chi connectivity index (χ3n) is 4.23. The number of aryl methyl sites for hydroxylation is 1. The van der Waals surface area contributed by atoms with Gasteiger partial charge in [0.1, 0.15) is 0 Å². The van der Waals surface area contributed by atoms with Crippen LogP contribution in [-0.2, 0) is 4.74 Å². The molecule has 0 aliphatic heterocycles. The van der Waals surface area contributed by atoms with Crippen LogP contribution in [-0.4, -0.2) is 26.4 Å². The molecule has 0 saturated heterocycles. The van der Waals surface area contributed by atoms with Crippen molar-refractivity contribution >= 4 is 16.7 Å². The van der Waals surface area contributed by atoms with Gasteiger partial charge in [-0.15, -0.1) is 10.2 Å². The molecule has 140 valence electrons. The molecule has 0 amide bonds. The Balaban J connectivity index is 1.58. The van der Waals surface area contributed by atoms with E-state index in [4.69, 9.17) is 9.15 Å². The molecule has 0 spiro atoms. The Morgan fingerprint density at radius 2 is 1.89 bits per heavy atom. The Hall–Kier alpha value is -3.81. The normalized spacial score (nSPS) is 12.1. The highest BCUT2D eigenvalue weighted by atomic mass is 16.6. The van der Waals surface area contributed by atoms with E-state index in [0.29, 0.717) is 16.7 Å². The number of benzene rings is 2. The fourth-order valence-electron chi connectivity index (χ4n) is 2.83. The lowest BCUT2D eigenvalue weighted by atomic mass is 10.1. The largest absolute Gasteiger partial charge is 0.448 e. The third kappa shape index (κ3) is 3.27. The van der Waals surface area contributed by atoms with E-state index in [1.165, 1.54) is 0 Å². The number of rotatable bonds is 4. The summed E-state index contributed by atoms with van der Waals surface area (Å²) in [4.78, 5) is 24.4. The number of carbonyl (C=O) groups excluding carboxylic acids is 1. The van der Waals surface area contributed by atoms with Gasteiger partial charge in [0, 0.05) is 10.9 Å². The summed E-state index contributed by atoms with van der Waals surface area (Å²) in [7, 11) is 0. The van der Waals surface area contributed by atoms with E-state index in [2.05, 4.69) is 20.4 Å². The fourth-order valence-corrected chi connectivity index (χ4v) is 2.83. The molecule has 8 nitrogen and oxygen atoms in total. The number of ether oxygens (including phenoxy) is 1. The molecule has 0 fully saturated rings. The average molecular weight is 376 g/mol. The molecular weight excluding hydrogens is 360 g/mol. The van der Waals surface area contributed by atoms with Gasteiger partial charge in [0.25, 0.3) is 11.4 Å². The van der Waals surface area contributed by atoms with Crippen molar-refractivity contribution < 1.29 is 13.9 Å². The minimum absolute atomic E-state index is 0.0143. The van der Waals surface area contributed by atoms with Gasteiger partial charge in [-0.3, -0.25) is 4.79 Å². The molecule has 1 unspecified atom stereocenters. The molecular formula is C20H16N4O4. The van der Waals surface area contributed by atoms with E-state index >= 15 is 0 Å². The second-order valence-electron chi connectivity index (χ2n) is 6.31. The van der Waals surface area contributed by atoms with Crippen molar-refractivity contribution in [3.8, 4) is 11.5 Å². The molecule has 0 bridgehead atoms. The molecule has 0 aliphatic carbocycles. The van der Waals surface area contributed by atoms with E-state index < -0.39 is 12.1 Å². The van der Waals surface area contributed by atoms with Crippen LogP contribution in [0.2, 0.25) is 0 Å². The maximum Gasteiger partial charge on any atom is 0.360 e. The second-order valence-corrected chi connectivity index (χ2v) is 6.31. The maximum atomic E-state index is 12.6.